The van der Waals surface area contributed by atoms with Crippen molar-refractivity contribution < 1.29 is 0 Å². The van der Waals surface area contributed by atoms with Gasteiger partial charge in [-0.2, -0.15) is 0 Å². The number of fused-ring (bicyclic) bond motifs is 2. The highest BCUT2D eigenvalue weighted by molar-refractivity contribution is 6.35. The minimum atomic E-state index is 0.680. The molecule has 2 heterocycles. The Morgan fingerprint density at radius 3 is 3.00 bits per heavy atom. The number of benzene rings is 2. The van der Waals surface area contributed by atoms with Crippen LogP contribution in [0.4, 0.5) is 5.69 Å². The summed E-state index contributed by atoms with van der Waals surface area (Å²) in [6.07, 6.45) is 1.10. The molecule has 1 aliphatic rings. The van der Waals surface area contributed by atoms with Gasteiger partial charge in [0.05, 0.1) is 10.5 Å². The Bertz CT molecular complexity index is 776. The van der Waals surface area contributed by atoms with Gasteiger partial charge in [-0.15, -0.1) is 0 Å². The molecule has 0 radical (unpaired) electrons. The van der Waals surface area contributed by atoms with E-state index in [0.717, 1.165) is 35.4 Å². The maximum Gasteiger partial charge on any atom is 0.138 e. The van der Waals surface area contributed by atoms with Gasteiger partial charge >= 0.3 is 0 Å². The maximum atomic E-state index is 6.16. The number of imidazole rings is 1. The van der Waals surface area contributed by atoms with E-state index < -0.39 is 0 Å². The molecule has 0 spiro atoms. The molecule has 0 amide bonds. The number of nitrogens with one attached hydrogen (secondary N) is 2. The van der Waals surface area contributed by atoms with Gasteiger partial charge in [0.15, 0.2) is 0 Å². The average molecular weight is 270 g/mol. The molecule has 0 atom stereocenters. The van der Waals surface area contributed by atoms with E-state index in [2.05, 4.69) is 33.5 Å². The van der Waals surface area contributed by atoms with Crippen molar-refractivity contribution in [3.05, 3.63) is 47.0 Å². The smallest absolute Gasteiger partial charge is 0.138 e. The highest BCUT2D eigenvalue weighted by Crippen LogP contribution is 2.30. The Hall–Kier alpha value is -2.00. The number of aromatic nitrogens is 2. The van der Waals surface area contributed by atoms with Crippen LogP contribution in [0.15, 0.2) is 36.4 Å². The molecule has 0 fully saturated rings. The van der Waals surface area contributed by atoms with Crippen LogP contribution in [0.3, 0.4) is 0 Å². The van der Waals surface area contributed by atoms with Crippen LogP contribution in [-0.2, 0) is 6.42 Å². The van der Waals surface area contributed by atoms with Crippen molar-refractivity contribution in [1.82, 2.24) is 9.97 Å². The van der Waals surface area contributed by atoms with E-state index in [1.165, 1.54) is 11.3 Å². The van der Waals surface area contributed by atoms with E-state index in [9.17, 15) is 0 Å². The molecule has 2 N–H and O–H groups in total. The van der Waals surface area contributed by atoms with Gasteiger partial charge in [-0.3, -0.25) is 0 Å². The van der Waals surface area contributed by atoms with Gasteiger partial charge in [-0.05, 0) is 30.2 Å². The third-order valence-electron chi connectivity index (χ3n) is 3.56. The minimum absolute atomic E-state index is 0.680. The molecule has 2 aromatic carbocycles. The van der Waals surface area contributed by atoms with Crippen molar-refractivity contribution in [3.63, 3.8) is 0 Å². The zero-order valence-corrected chi connectivity index (χ0v) is 11.0. The second-order valence-corrected chi connectivity index (χ2v) is 5.18. The predicted molar refractivity (Wildman–Crippen MR) is 78.7 cm³/mol. The van der Waals surface area contributed by atoms with Crippen molar-refractivity contribution in [2.75, 3.05) is 11.9 Å². The van der Waals surface area contributed by atoms with Crippen LogP contribution < -0.4 is 5.32 Å². The zero-order valence-electron chi connectivity index (χ0n) is 10.2. The molecule has 94 valence electrons. The molecule has 19 heavy (non-hydrogen) atoms. The van der Waals surface area contributed by atoms with E-state index in [1.807, 2.05) is 18.2 Å². The third-order valence-corrected chi connectivity index (χ3v) is 3.86. The summed E-state index contributed by atoms with van der Waals surface area (Å²) in [4.78, 5) is 7.91. The molecule has 3 aromatic rings. The zero-order chi connectivity index (χ0) is 12.8. The first-order valence-electron chi connectivity index (χ1n) is 6.33. The summed E-state index contributed by atoms with van der Waals surface area (Å²) >= 11 is 6.16. The summed E-state index contributed by atoms with van der Waals surface area (Å²) < 4.78 is 0. The lowest BCUT2D eigenvalue weighted by Crippen LogP contribution is -1.91. The summed E-state index contributed by atoms with van der Waals surface area (Å²) in [7, 11) is 0. The number of hydrogen-bond acceptors (Lipinski definition) is 2. The topological polar surface area (TPSA) is 40.7 Å². The predicted octanol–water partition coefficient (Wildman–Crippen LogP) is 3.85. The standard InChI is InChI=1S/C15H12ClN3/c16-11-2-1-3-12-14(11)19-15(18-12)10-5-4-9-6-7-17-13(9)8-10/h1-5,8,17H,6-7H2,(H,18,19). The first kappa shape index (κ1) is 10.9. The Kier molecular flexibility index (Phi) is 2.29. The van der Waals surface area contributed by atoms with Crippen LogP contribution in [0.5, 0.6) is 0 Å². The van der Waals surface area contributed by atoms with Crippen LogP contribution in [0, 0.1) is 0 Å². The lowest BCUT2D eigenvalue weighted by Gasteiger charge is -2.02. The van der Waals surface area contributed by atoms with Gasteiger partial charge in [0, 0.05) is 17.8 Å². The van der Waals surface area contributed by atoms with Gasteiger partial charge in [0.1, 0.15) is 11.3 Å². The first-order valence-corrected chi connectivity index (χ1v) is 6.70. The number of para-hydroxylation sites is 1. The molecule has 3 nitrogen and oxygen atoms in total. The molecule has 1 aromatic heterocycles. The fourth-order valence-electron chi connectivity index (χ4n) is 2.57. The van der Waals surface area contributed by atoms with Gasteiger partial charge < -0.3 is 10.3 Å². The normalized spacial score (nSPS) is 13.5. The van der Waals surface area contributed by atoms with Crippen LogP contribution in [-0.4, -0.2) is 16.5 Å². The quantitative estimate of drug-likeness (QED) is 0.704. The SMILES string of the molecule is Clc1cccc2[nH]c(-c3ccc4c(c3)NCC4)nc12. The fraction of sp³-hybridized carbons (Fsp3) is 0.133. The van der Waals surface area contributed by atoms with E-state index in [4.69, 9.17) is 11.6 Å². The van der Waals surface area contributed by atoms with Gasteiger partial charge in [-0.25, -0.2) is 4.98 Å². The highest BCUT2D eigenvalue weighted by atomic mass is 35.5. The highest BCUT2D eigenvalue weighted by Gasteiger charge is 2.13. The number of hydrogen-bond donors (Lipinski definition) is 2. The Balaban J connectivity index is 1.88. The molecular formula is C15H12ClN3. The number of halogens is 1. The molecule has 4 heteroatoms. The third kappa shape index (κ3) is 1.70. The molecule has 0 saturated carbocycles. The Morgan fingerprint density at radius 1 is 1.16 bits per heavy atom. The molecule has 0 unspecified atom stereocenters. The monoisotopic (exact) mass is 269 g/mol. The van der Waals surface area contributed by atoms with Gasteiger partial charge in [-0.1, -0.05) is 29.8 Å². The van der Waals surface area contributed by atoms with Crippen LogP contribution in [0.25, 0.3) is 22.4 Å². The van der Waals surface area contributed by atoms with Crippen molar-refractivity contribution in [2.45, 2.75) is 6.42 Å². The number of anilines is 1. The van der Waals surface area contributed by atoms with E-state index in [0.29, 0.717) is 5.02 Å². The largest absolute Gasteiger partial charge is 0.384 e. The van der Waals surface area contributed by atoms with E-state index in [-0.39, 0.29) is 0 Å². The second kappa shape index (κ2) is 4.00. The minimum Gasteiger partial charge on any atom is -0.384 e. The lowest BCUT2D eigenvalue weighted by atomic mass is 10.1. The summed E-state index contributed by atoms with van der Waals surface area (Å²) in [6.45, 7) is 1.02. The Morgan fingerprint density at radius 2 is 2.11 bits per heavy atom. The summed E-state index contributed by atoms with van der Waals surface area (Å²) in [5.74, 6) is 0.861. The van der Waals surface area contributed by atoms with Crippen LogP contribution in [0.1, 0.15) is 5.56 Å². The van der Waals surface area contributed by atoms with Gasteiger partial charge in [0.25, 0.3) is 0 Å². The molecule has 4 rings (SSSR count). The first-order chi connectivity index (χ1) is 9.31. The molecule has 0 saturated heterocycles. The van der Waals surface area contributed by atoms with Gasteiger partial charge in [0.2, 0.25) is 0 Å². The average Bonchev–Trinajstić information content (AvgIpc) is 3.04. The lowest BCUT2D eigenvalue weighted by molar-refractivity contribution is 1.11. The summed E-state index contributed by atoms with van der Waals surface area (Å²) in [6, 6.07) is 12.2. The van der Waals surface area contributed by atoms with Crippen molar-refractivity contribution in [1.29, 1.82) is 0 Å². The second-order valence-electron chi connectivity index (χ2n) is 4.77. The molecular weight excluding hydrogens is 258 g/mol. The fourth-order valence-corrected chi connectivity index (χ4v) is 2.79. The number of nitrogens with zero attached hydrogens (tertiary/aromatic N) is 1. The summed E-state index contributed by atoms with van der Waals surface area (Å²) in [5, 5.41) is 4.07. The maximum absolute atomic E-state index is 6.16. The van der Waals surface area contributed by atoms with Crippen LogP contribution >= 0.6 is 11.6 Å². The van der Waals surface area contributed by atoms with E-state index >= 15 is 0 Å². The number of aromatic amines is 1. The molecule has 1 aliphatic heterocycles. The Labute approximate surface area is 115 Å². The van der Waals surface area contributed by atoms with E-state index in [1.54, 1.807) is 0 Å². The van der Waals surface area contributed by atoms with Crippen LogP contribution in [0.2, 0.25) is 5.02 Å². The molecule has 0 aliphatic carbocycles. The van der Waals surface area contributed by atoms with Crippen molar-refractivity contribution >= 4 is 28.3 Å². The van der Waals surface area contributed by atoms with Crippen molar-refractivity contribution in [3.8, 4) is 11.4 Å². The van der Waals surface area contributed by atoms with Crippen molar-refractivity contribution in [2.24, 2.45) is 0 Å². The molecule has 0 bridgehead atoms. The number of rotatable bonds is 1. The summed E-state index contributed by atoms with van der Waals surface area (Å²) in [5.41, 5.74) is 5.46. The number of H-pyrrole nitrogens is 1.